The van der Waals surface area contributed by atoms with Gasteiger partial charge in [-0.15, -0.1) is 0 Å². The van der Waals surface area contributed by atoms with E-state index in [1.807, 2.05) is 13.0 Å². The van der Waals surface area contributed by atoms with Gasteiger partial charge in [-0.3, -0.25) is 4.79 Å². The van der Waals surface area contributed by atoms with Crippen molar-refractivity contribution in [2.75, 3.05) is 6.54 Å². The van der Waals surface area contributed by atoms with E-state index in [2.05, 4.69) is 29.1 Å². The molecule has 5 heteroatoms. The molecule has 2 aromatic rings. The van der Waals surface area contributed by atoms with Crippen molar-refractivity contribution in [1.29, 1.82) is 0 Å². The molecule has 1 amide bonds. The fourth-order valence-corrected chi connectivity index (χ4v) is 2.60. The summed E-state index contributed by atoms with van der Waals surface area (Å²) in [6.45, 7) is 1.97. The van der Waals surface area contributed by atoms with Crippen molar-refractivity contribution >= 4 is 16.9 Å². The van der Waals surface area contributed by atoms with Crippen LogP contribution in [0.25, 0.3) is 11.0 Å². The Bertz CT molecular complexity index is 657. The molecule has 1 fully saturated rings. The predicted molar refractivity (Wildman–Crippen MR) is 78.3 cm³/mol. The van der Waals surface area contributed by atoms with Gasteiger partial charge in [0.15, 0.2) is 0 Å². The zero-order valence-corrected chi connectivity index (χ0v) is 11.9. The van der Waals surface area contributed by atoms with Gasteiger partial charge in [0.25, 0.3) is 0 Å². The maximum Gasteiger partial charge on any atom is 0.234 e. The van der Waals surface area contributed by atoms with Crippen LogP contribution in [-0.4, -0.2) is 22.0 Å². The van der Waals surface area contributed by atoms with Crippen LogP contribution in [0.15, 0.2) is 18.2 Å². The van der Waals surface area contributed by atoms with Crippen molar-refractivity contribution in [3.8, 4) is 0 Å². The second-order valence-corrected chi connectivity index (χ2v) is 5.54. The zero-order valence-electron chi connectivity index (χ0n) is 11.9. The van der Waals surface area contributed by atoms with E-state index in [0.29, 0.717) is 5.92 Å². The smallest absolute Gasteiger partial charge is 0.234 e. The standard InChI is InChI=1S/C15H20N4O/c1-9(17-14(20)8-16)11-5-6-13-12(7-11)18-15(19(13)2)10-3-4-10/h5-7,9-10H,3-4,8,16H2,1-2H3,(H,17,20). The Kier molecular flexibility index (Phi) is 3.22. The first kappa shape index (κ1) is 13.1. The van der Waals surface area contributed by atoms with E-state index in [1.54, 1.807) is 0 Å². The first-order chi connectivity index (χ1) is 9.60. The minimum Gasteiger partial charge on any atom is -0.348 e. The number of nitrogens with one attached hydrogen (secondary N) is 1. The molecule has 20 heavy (non-hydrogen) atoms. The largest absolute Gasteiger partial charge is 0.348 e. The molecule has 1 aliphatic rings. The quantitative estimate of drug-likeness (QED) is 0.887. The molecule has 0 radical (unpaired) electrons. The number of hydrogen-bond acceptors (Lipinski definition) is 3. The minimum atomic E-state index is -0.141. The number of aromatic nitrogens is 2. The number of benzene rings is 1. The number of nitrogens with two attached hydrogens (primary N) is 1. The molecule has 1 saturated carbocycles. The topological polar surface area (TPSA) is 72.9 Å². The van der Waals surface area contributed by atoms with Gasteiger partial charge in [0.05, 0.1) is 23.6 Å². The lowest BCUT2D eigenvalue weighted by Gasteiger charge is -2.13. The van der Waals surface area contributed by atoms with Gasteiger partial charge in [0.1, 0.15) is 5.82 Å². The lowest BCUT2D eigenvalue weighted by atomic mass is 10.1. The third-order valence-corrected chi connectivity index (χ3v) is 3.94. The maximum atomic E-state index is 11.4. The van der Waals surface area contributed by atoms with Crippen LogP contribution in [0.3, 0.4) is 0 Å². The van der Waals surface area contributed by atoms with Crippen LogP contribution in [0.1, 0.15) is 43.1 Å². The number of imidazole rings is 1. The molecule has 1 atom stereocenters. The van der Waals surface area contributed by atoms with Gasteiger partial charge in [0.2, 0.25) is 5.91 Å². The van der Waals surface area contributed by atoms with Crippen LogP contribution in [0.5, 0.6) is 0 Å². The Morgan fingerprint density at radius 3 is 2.95 bits per heavy atom. The Morgan fingerprint density at radius 1 is 1.55 bits per heavy atom. The second kappa shape index (κ2) is 4.90. The van der Waals surface area contributed by atoms with Crippen molar-refractivity contribution in [2.45, 2.75) is 31.7 Å². The highest BCUT2D eigenvalue weighted by Gasteiger charge is 2.28. The molecular formula is C15H20N4O. The molecule has 3 N–H and O–H groups in total. The average Bonchev–Trinajstić information content (AvgIpc) is 3.23. The van der Waals surface area contributed by atoms with E-state index < -0.39 is 0 Å². The van der Waals surface area contributed by atoms with Crippen LogP contribution in [-0.2, 0) is 11.8 Å². The summed E-state index contributed by atoms with van der Waals surface area (Å²) in [5.74, 6) is 1.67. The van der Waals surface area contributed by atoms with Crippen LogP contribution in [0.4, 0.5) is 0 Å². The number of amides is 1. The van der Waals surface area contributed by atoms with Gasteiger partial charge in [-0.2, -0.15) is 0 Å². The molecule has 106 valence electrons. The summed E-state index contributed by atoms with van der Waals surface area (Å²) in [5, 5.41) is 2.87. The second-order valence-electron chi connectivity index (χ2n) is 5.54. The van der Waals surface area contributed by atoms with E-state index in [1.165, 1.54) is 18.7 Å². The average molecular weight is 272 g/mol. The molecule has 0 saturated heterocycles. The fraction of sp³-hybridized carbons (Fsp3) is 0.467. The van der Waals surface area contributed by atoms with Gasteiger partial charge in [-0.25, -0.2) is 4.98 Å². The summed E-state index contributed by atoms with van der Waals surface area (Å²) in [7, 11) is 2.07. The van der Waals surface area contributed by atoms with E-state index >= 15 is 0 Å². The van der Waals surface area contributed by atoms with Crippen molar-refractivity contribution < 1.29 is 4.79 Å². The molecule has 0 aliphatic heterocycles. The number of fused-ring (bicyclic) bond motifs is 1. The van der Waals surface area contributed by atoms with Gasteiger partial charge in [0, 0.05) is 13.0 Å². The molecule has 5 nitrogen and oxygen atoms in total. The number of hydrogen-bond donors (Lipinski definition) is 2. The van der Waals surface area contributed by atoms with E-state index in [9.17, 15) is 4.79 Å². The molecule has 3 rings (SSSR count). The predicted octanol–water partition coefficient (Wildman–Crippen LogP) is 1.59. The summed E-state index contributed by atoms with van der Waals surface area (Å²) < 4.78 is 2.18. The third kappa shape index (κ3) is 2.29. The lowest BCUT2D eigenvalue weighted by Crippen LogP contribution is -2.32. The Hall–Kier alpha value is -1.88. The highest BCUT2D eigenvalue weighted by molar-refractivity contribution is 5.79. The summed E-state index contributed by atoms with van der Waals surface area (Å²) in [5.41, 5.74) is 8.53. The first-order valence-corrected chi connectivity index (χ1v) is 7.06. The van der Waals surface area contributed by atoms with Gasteiger partial charge >= 0.3 is 0 Å². The summed E-state index contributed by atoms with van der Waals surface area (Å²) in [6.07, 6.45) is 2.49. The first-order valence-electron chi connectivity index (χ1n) is 7.06. The summed E-state index contributed by atoms with van der Waals surface area (Å²) in [6, 6.07) is 6.13. The zero-order chi connectivity index (χ0) is 14.3. The minimum absolute atomic E-state index is 0.0159. The molecule has 0 spiro atoms. The van der Waals surface area contributed by atoms with E-state index in [4.69, 9.17) is 10.7 Å². The maximum absolute atomic E-state index is 11.4. The lowest BCUT2D eigenvalue weighted by molar-refractivity contribution is -0.120. The van der Waals surface area contributed by atoms with E-state index in [-0.39, 0.29) is 18.5 Å². The molecule has 1 heterocycles. The van der Waals surface area contributed by atoms with Crippen LogP contribution in [0, 0.1) is 0 Å². The molecule has 1 aliphatic carbocycles. The third-order valence-electron chi connectivity index (χ3n) is 3.94. The number of nitrogens with zero attached hydrogens (tertiary/aromatic N) is 2. The SMILES string of the molecule is CC(NC(=O)CN)c1ccc2c(c1)nc(C1CC1)n2C. The van der Waals surface area contributed by atoms with Crippen molar-refractivity contribution in [2.24, 2.45) is 12.8 Å². The number of rotatable bonds is 4. The Balaban J connectivity index is 1.92. The van der Waals surface area contributed by atoms with Crippen molar-refractivity contribution in [1.82, 2.24) is 14.9 Å². The van der Waals surface area contributed by atoms with Crippen molar-refractivity contribution in [3.05, 3.63) is 29.6 Å². The highest BCUT2D eigenvalue weighted by atomic mass is 16.1. The monoisotopic (exact) mass is 272 g/mol. The molecule has 1 aromatic heterocycles. The van der Waals surface area contributed by atoms with Crippen LogP contribution < -0.4 is 11.1 Å². The van der Waals surface area contributed by atoms with Crippen molar-refractivity contribution in [3.63, 3.8) is 0 Å². The highest BCUT2D eigenvalue weighted by Crippen LogP contribution is 2.40. The van der Waals surface area contributed by atoms with Crippen LogP contribution in [0.2, 0.25) is 0 Å². The number of carbonyl (C=O) groups excluding carboxylic acids is 1. The van der Waals surface area contributed by atoms with Gasteiger partial charge in [-0.1, -0.05) is 6.07 Å². The van der Waals surface area contributed by atoms with Gasteiger partial charge in [-0.05, 0) is 37.5 Å². The fourth-order valence-electron chi connectivity index (χ4n) is 2.60. The van der Waals surface area contributed by atoms with Crippen LogP contribution >= 0.6 is 0 Å². The Morgan fingerprint density at radius 2 is 2.30 bits per heavy atom. The Labute approximate surface area is 118 Å². The molecule has 1 unspecified atom stereocenters. The molecule has 1 aromatic carbocycles. The molecule has 0 bridgehead atoms. The summed E-state index contributed by atoms with van der Waals surface area (Å²) in [4.78, 5) is 16.1. The molecular weight excluding hydrogens is 252 g/mol. The van der Waals surface area contributed by atoms with E-state index in [0.717, 1.165) is 16.6 Å². The number of aryl methyl sites for hydroxylation is 1. The summed E-state index contributed by atoms with van der Waals surface area (Å²) >= 11 is 0. The normalized spacial score (nSPS) is 16.4. The van der Waals surface area contributed by atoms with Gasteiger partial charge < -0.3 is 15.6 Å². The number of carbonyl (C=O) groups is 1.